The summed E-state index contributed by atoms with van der Waals surface area (Å²) in [5.74, 6) is -0.0309. The van der Waals surface area contributed by atoms with Gasteiger partial charge in [-0.15, -0.1) is 11.8 Å². The molecule has 3 atom stereocenters. The van der Waals surface area contributed by atoms with Gasteiger partial charge in [0.15, 0.2) is 0 Å². The molecule has 0 aromatic heterocycles. The highest BCUT2D eigenvalue weighted by molar-refractivity contribution is 8.00. The van der Waals surface area contributed by atoms with Crippen molar-refractivity contribution in [3.63, 3.8) is 0 Å². The lowest BCUT2D eigenvalue weighted by molar-refractivity contribution is 0.320. The molecule has 19 heavy (non-hydrogen) atoms. The third kappa shape index (κ3) is 3.93. The number of thioether (sulfide) groups is 1. The molecule has 2 rings (SSSR count). The van der Waals surface area contributed by atoms with Crippen LogP contribution in [0.2, 0.25) is 0 Å². The molecule has 1 saturated carbocycles. The second kappa shape index (κ2) is 6.71. The third-order valence-electron chi connectivity index (χ3n) is 3.69. The van der Waals surface area contributed by atoms with E-state index in [9.17, 15) is 8.78 Å². The Labute approximate surface area is 118 Å². The van der Waals surface area contributed by atoms with Crippen LogP contribution in [0, 0.1) is 17.6 Å². The topological polar surface area (TPSA) is 12.0 Å². The largest absolute Gasteiger partial charge is 0.313 e. The molecule has 0 amide bonds. The maximum atomic E-state index is 13.7. The Morgan fingerprint density at radius 3 is 2.84 bits per heavy atom. The summed E-state index contributed by atoms with van der Waals surface area (Å²) in [4.78, 5) is 0.432. The minimum absolute atomic E-state index is 0.319. The van der Waals surface area contributed by atoms with Crippen molar-refractivity contribution in [3.8, 4) is 0 Å². The van der Waals surface area contributed by atoms with Crippen molar-refractivity contribution in [3.05, 3.63) is 29.8 Å². The summed E-state index contributed by atoms with van der Waals surface area (Å²) in [6, 6.07) is 4.09. The van der Waals surface area contributed by atoms with Gasteiger partial charge in [0.2, 0.25) is 0 Å². The summed E-state index contributed by atoms with van der Waals surface area (Å²) in [7, 11) is 0. The highest BCUT2D eigenvalue weighted by Crippen LogP contribution is 2.37. The van der Waals surface area contributed by atoms with Gasteiger partial charge in [0.1, 0.15) is 11.6 Å². The fraction of sp³-hybridized carbons (Fsp3) is 0.600. The second-order valence-corrected chi connectivity index (χ2v) is 6.59. The van der Waals surface area contributed by atoms with Crippen LogP contribution in [0.15, 0.2) is 23.1 Å². The first-order chi connectivity index (χ1) is 9.10. The van der Waals surface area contributed by atoms with E-state index in [0.29, 0.717) is 22.1 Å². The average molecular weight is 285 g/mol. The van der Waals surface area contributed by atoms with Crippen LogP contribution >= 0.6 is 11.8 Å². The van der Waals surface area contributed by atoms with Crippen molar-refractivity contribution in [1.82, 2.24) is 5.32 Å². The molecule has 0 radical (unpaired) electrons. The predicted molar refractivity (Wildman–Crippen MR) is 76.5 cm³/mol. The molecule has 0 bridgehead atoms. The second-order valence-electron chi connectivity index (χ2n) is 5.31. The van der Waals surface area contributed by atoms with E-state index in [1.165, 1.54) is 36.4 Å². The maximum Gasteiger partial charge on any atom is 0.136 e. The average Bonchev–Trinajstić information content (AvgIpc) is 2.37. The van der Waals surface area contributed by atoms with Crippen molar-refractivity contribution in [2.24, 2.45) is 5.92 Å². The Morgan fingerprint density at radius 2 is 2.11 bits per heavy atom. The van der Waals surface area contributed by atoms with Crippen molar-refractivity contribution in [2.75, 3.05) is 6.54 Å². The molecule has 1 fully saturated rings. The Hall–Kier alpha value is -0.610. The molecule has 0 saturated heterocycles. The Balaban J connectivity index is 2.11. The fourth-order valence-corrected chi connectivity index (χ4v) is 4.19. The van der Waals surface area contributed by atoms with E-state index in [1.54, 1.807) is 0 Å². The summed E-state index contributed by atoms with van der Waals surface area (Å²) in [5, 5.41) is 3.79. The zero-order valence-corrected chi connectivity index (χ0v) is 12.3. The number of hydrogen-bond acceptors (Lipinski definition) is 2. The SMILES string of the molecule is CCNC1CCC(C)CC1Sc1cc(F)ccc1F. The van der Waals surface area contributed by atoms with Crippen LogP contribution in [0.4, 0.5) is 8.78 Å². The molecular formula is C15H21F2NS. The van der Waals surface area contributed by atoms with Crippen LogP contribution in [-0.4, -0.2) is 17.8 Å². The van der Waals surface area contributed by atoms with Gasteiger partial charge < -0.3 is 5.32 Å². The van der Waals surface area contributed by atoms with Crippen LogP contribution in [0.3, 0.4) is 0 Å². The molecule has 1 N–H and O–H groups in total. The van der Waals surface area contributed by atoms with Crippen LogP contribution in [0.1, 0.15) is 33.1 Å². The first kappa shape index (κ1) is 14.8. The van der Waals surface area contributed by atoms with Crippen molar-refractivity contribution >= 4 is 11.8 Å². The number of benzene rings is 1. The van der Waals surface area contributed by atoms with E-state index in [4.69, 9.17) is 0 Å². The molecule has 106 valence electrons. The van der Waals surface area contributed by atoms with Gasteiger partial charge >= 0.3 is 0 Å². The minimum Gasteiger partial charge on any atom is -0.313 e. The van der Waals surface area contributed by atoms with Gasteiger partial charge in [0.05, 0.1) is 0 Å². The minimum atomic E-state index is -0.368. The van der Waals surface area contributed by atoms with Gasteiger partial charge in [-0.05, 0) is 49.9 Å². The van der Waals surface area contributed by atoms with Crippen LogP contribution in [-0.2, 0) is 0 Å². The zero-order valence-electron chi connectivity index (χ0n) is 11.5. The number of halogens is 2. The quantitative estimate of drug-likeness (QED) is 0.888. The van der Waals surface area contributed by atoms with E-state index < -0.39 is 0 Å². The van der Waals surface area contributed by atoms with Crippen molar-refractivity contribution in [2.45, 2.75) is 49.3 Å². The molecule has 1 aliphatic rings. The van der Waals surface area contributed by atoms with Gasteiger partial charge in [-0.3, -0.25) is 0 Å². The zero-order chi connectivity index (χ0) is 13.8. The molecule has 1 nitrogen and oxygen atoms in total. The lowest BCUT2D eigenvalue weighted by Crippen LogP contribution is -2.42. The van der Waals surface area contributed by atoms with Gasteiger partial charge in [0.25, 0.3) is 0 Å². The van der Waals surface area contributed by atoms with Crippen LogP contribution in [0.25, 0.3) is 0 Å². The lowest BCUT2D eigenvalue weighted by atomic mass is 9.87. The molecule has 4 heteroatoms. The van der Waals surface area contributed by atoms with E-state index in [-0.39, 0.29) is 11.6 Å². The molecule has 0 spiro atoms. The van der Waals surface area contributed by atoms with E-state index in [2.05, 4.69) is 19.2 Å². The summed E-state index contributed by atoms with van der Waals surface area (Å²) >= 11 is 1.48. The number of nitrogens with one attached hydrogen (secondary N) is 1. The van der Waals surface area contributed by atoms with Crippen molar-refractivity contribution < 1.29 is 8.78 Å². The van der Waals surface area contributed by atoms with E-state index >= 15 is 0 Å². The molecule has 0 aliphatic heterocycles. The normalized spacial score (nSPS) is 27.5. The standard InChI is InChI=1S/C15H21F2NS/c1-3-18-13-7-4-10(2)8-15(13)19-14-9-11(16)5-6-12(14)17/h5-6,9-10,13,15,18H,3-4,7-8H2,1-2H3. The molecule has 3 unspecified atom stereocenters. The molecule has 1 aliphatic carbocycles. The number of rotatable bonds is 4. The monoisotopic (exact) mass is 285 g/mol. The first-order valence-corrected chi connectivity index (χ1v) is 7.83. The van der Waals surface area contributed by atoms with Crippen molar-refractivity contribution in [1.29, 1.82) is 0 Å². The molecule has 0 heterocycles. The molecule has 1 aromatic rings. The fourth-order valence-electron chi connectivity index (χ4n) is 2.69. The van der Waals surface area contributed by atoms with E-state index in [0.717, 1.165) is 19.4 Å². The summed E-state index contributed by atoms with van der Waals surface area (Å²) in [5.41, 5.74) is 0. The highest BCUT2D eigenvalue weighted by atomic mass is 32.2. The van der Waals surface area contributed by atoms with Crippen LogP contribution < -0.4 is 5.32 Å². The Morgan fingerprint density at radius 1 is 1.32 bits per heavy atom. The highest BCUT2D eigenvalue weighted by Gasteiger charge is 2.29. The van der Waals surface area contributed by atoms with Gasteiger partial charge in [0, 0.05) is 16.2 Å². The molecule has 1 aromatic carbocycles. The van der Waals surface area contributed by atoms with Gasteiger partial charge in [-0.1, -0.05) is 13.8 Å². The first-order valence-electron chi connectivity index (χ1n) is 6.95. The maximum absolute atomic E-state index is 13.7. The summed E-state index contributed by atoms with van der Waals surface area (Å²) in [6.45, 7) is 5.24. The molecular weight excluding hydrogens is 264 g/mol. The third-order valence-corrected chi connectivity index (χ3v) is 5.08. The number of hydrogen-bond donors (Lipinski definition) is 1. The van der Waals surface area contributed by atoms with Gasteiger partial charge in [-0.2, -0.15) is 0 Å². The summed E-state index contributed by atoms with van der Waals surface area (Å²) in [6.07, 6.45) is 3.38. The smallest absolute Gasteiger partial charge is 0.136 e. The predicted octanol–water partition coefficient (Wildman–Crippen LogP) is 4.22. The van der Waals surface area contributed by atoms with Gasteiger partial charge in [-0.25, -0.2) is 8.78 Å². The van der Waals surface area contributed by atoms with E-state index in [1.807, 2.05) is 0 Å². The Kier molecular flexibility index (Phi) is 5.22. The lowest BCUT2D eigenvalue weighted by Gasteiger charge is -2.35. The van der Waals surface area contributed by atoms with Crippen LogP contribution in [0.5, 0.6) is 0 Å². The Bertz CT molecular complexity index is 425. The summed E-state index contributed by atoms with van der Waals surface area (Å²) < 4.78 is 27.0.